The van der Waals surface area contributed by atoms with Crippen LogP contribution in [-0.2, 0) is 19.1 Å². The van der Waals surface area contributed by atoms with Crippen molar-refractivity contribution < 1.29 is 29.0 Å². The largest absolute Gasteiger partial charge is 0.479 e. The maximum absolute atomic E-state index is 13.3. The number of rotatable bonds is 4. The molecule has 0 aromatic heterocycles. The molecule has 8 heteroatoms. The minimum absolute atomic E-state index is 0.0563. The maximum atomic E-state index is 13.3. The third-order valence-corrected chi connectivity index (χ3v) is 6.08. The lowest BCUT2D eigenvalue weighted by Gasteiger charge is -2.34. The summed E-state index contributed by atoms with van der Waals surface area (Å²) in [5, 5.41) is 10.1. The summed E-state index contributed by atoms with van der Waals surface area (Å²) in [6, 6.07) is 15.0. The zero-order valence-corrected chi connectivity index (χ0v) is 18.9. The first kappa shape index (κ1) is 22.8. The Morgan fingerprint density at radius 3 is 2.12 bits per heavy atom. The number of carboxylic acids is 1. The molecule has 8 nitrogen and oxygen atoms in total. The number of ether oxygens (including phenoxy) is 2. The first-order valence-electron chi connectivity index (χ1n) is 10.9. The predicted octanol–water partition coefficient (Wildman–Crippen LogP) is 3.13. The normalized spacial score (nSPS) is 21.9. The molecule has 4 rings (SSSR count). The van der Waals surface area contributed by atoms with Gasteiger partial charge in [0.2, 0.25) is 5.54 Å². The number of carbonyl (C=O) groups is 3. The van der Waals surface area contributed by atoms with Crippen molar-refractivity contribution in [2.24, 2.45) is 5.73 Å². The summed E-state index contributed by atoms with van der Waals surface area (Å²) < 4.78 is 11.0. The number of carbonyl (C=O) groups excluding carboxylic acids is 2. The van der Waals surface area contributed by atoms with E-state index >= 15 is 0 Å². The van der Waals surface area contributed by atoms with Gasteiger partial charge in [-0.1, -0.05) is 48.5 Å². The van der Waals surface area contributed by atoms with Crippen LogP contribution in [0.2, 0.25) is 0 Å². The van der Waals surface area contributed by atoms with Crippen LogP contribution in [0.4, 0.5) is 4.79 Å². The summed E-state index contributed by atoms with van der Waals surface area (Å²) >= 11 is 0. The van der Waals surface area contributed by atoms with Gasteiger partial charge in [-0.25, -0.2) is 14.4 Å². The number of fused-ring (bicyclic) bond motifs is 3. The van der Waals surface area contributed by atoms with Gasteiger partial charge in [0, 0.05) is 24.9 Å². The van der Waals surface area contributed by atoms with Crippen LogP contribution in [0.15, 0.2) is 48.5 Å². The third kappa shape index (κ3) is 3.95. The number of amides is 1. The van der Waals surface area contributed by atoms with Crippen LogP contribution in [-0.4, -0.2) is 58.4 Å². The van der Waals surface area contributed by atoms with Gasteiger partial charge in [0.25, 0.3) is 0 Å². The summed E-state index contributed by atoms with van der Waals surface area (Å²) in [7, 11) is 0. The second kappa shape index (κ2) is 8.19. The first-order chi connectivity index (χ1) is 15.5. The SMILES string of the molecule is CC(C)(C)OC(=O)N1C[C@H](N)C[C@]1(C(=O)O)C(=O)OCC1c2ccccc2-c2ccccc21. The van der Waals surface area contributed by atoms with Crippen LogP contribution >= 0.6 is 0 Å². The van der Waals surface area contributed by atoms with Gasteiger partial charge in [-0.3, -0.25) is 4.90 Å². The molecule has 0 radical (unpaired) electrons. The number of aliphatic carboxylic acids is 1. The molecule has 0 unspecified atom stereocenters. The Labute approximate surface area is 192 Å². The van der Waals surface area contributed by atoms with Crippen molar-refractivity contribution in [3.63, 3.8) is 0 Å². The number of carboxylic acid groups (broad SMARTS) is 1. The maximum Gasteiger partial charge on any atom is 0.411 e. The van der Waals surface area contributed by atoms with Gasteiger partial charge in [-0.05, 0) is 43.0 Å². The Morgan fingerprint density at radius 1 is 1.06 bits per heavy atom. The van der Waals surface area contributed by atoms with Crippen molar-refractivity contribution in [3.05, 3.63) is 59.7 Å². The molecular weight excluding hydrogens is 424 g/mol. The average Bonchev–Trinajstić information content (AvgIpc) is 3.27. The number of nitrogens with two attached hydrogens (primary N) is 1. The Kier molecular flexibility index (Phi) is 5.66. The van der Waals surface area contributed by atoms with Crippen LogP contribution < -0.4 is 5.73 Å². The van der Waals surface area contributed by atoms with Crippen molar-refractivity contribution in [1.82, 2.24) is 4.90 Å². The Balaban J connectivity index is 1.61. The Hall–Kier alpha value is -3.39. The standard InChI is InChI=1S/C25H28N2O6/c1-24(2,3)33-23(31)27-13-15(26)12-25(27,21(28)29)22(30)32-14-20-18-10-6-4-8-16(18)17-9-5-7-11-19(17)20/h4-11,15,20H,12-14,26H2,1-3H3,(H,28,29)/t15-,25+/m1/s1. The van der Waals surface area contributed by atoms with Crippen molar-refractivity contribution in [2.45, 2.75) is 50.3 Å². The van der Waals surface area contributed by atoms with Gasteiger partial charge < -0.3 is 20.3 Å². The van der Waals surface area contributed by atoms with E-state index in [-0.39, 0.29) is 25.5 Å². The minimum atomic E-state index is -2.24. The van der Waals surface area contributed by atoms with E-state index in [2.05, 4.69) is 0 Å². The number of nitrogens with zero attached hydrogens (tertiary/aromatic N) is 1. The molecule has 1 aliphatic carbocycles. The molecule has 2 atom stereocenters. The summed E-state index contributed by atoms with van der Waals surface area (Å²) in [5.41, 5.74) is 7.02. The van der Waals surface area contributed by atoms with E-state index in [0.717, 1.165) is 27.2 Å². The molecule has 174 valence electrons. The molecule has 1 aliphatic heterocycles. The fourth-order valence-corrected chi connectivity index (χ4v) is 4.69. The average molecular weight is 453 g/mol. The second-order valence-corrected chi connectivity index (χ2v) is 9.55. The van der Waals surface area contributed by atoms with E-state index in [9.17, 15) is 19.5 Å². The van der Waals surface area contributed by atoms with E-state index < -0.39 is 35.2 Å². The van der Waals surface area contributed by atoms with Gasteiger partial charge in [0.15, 0.2) is 0 Å². The summed E-state index contributed by atoms with van der Waals surface area (Å²) in [5.74, 6) is -2.74. The number of hydrogen-bond donors (Lipinski definition) is 2. The van der Waals surface area contributed by atoms with E-state index in [1.54, 1.807) is 20.8 Å². The van der Waals surface area contributed by atoms with E-state index in [1.165, 1.54) is 0 Å². The first-order valence-corrected chi connectivity index (χ1v) is 10.9. The Bertz CT molecular complexity index is 1060. The highest BCUT2D eigenvalue weighted by atomic mass is 16.6. The molecule has 33 heavy (non-hydrogen) atoms. The molecule has 1 fully saturated rings. The van der Waals surface area contributed by atoms with Crippen molar-refractivity contribution in [3.8, 4) is 11.1 Å². The topological polar surface area (TPSA) is 119 Å². The van der Waals surface area contributed by atoms with Crippen LogP contribution in [0, 0.1) is 0 Å². The third-order valence-electron chi connectivity index (χ3n) is 6.08. The summed E-state index contributed by atoms with van der Waals surface area (Å²) in [6.07, 6.45) is -1.16. The van der Waals surface area contributed by atoms with Crippen molar-refractivity contribution in [2.75, 3.05) is 13.2 Å². The highest BCUT2D eigenvalue weighted by molar-refractivity contribution is 6.07. The highest BCUT2D eigenvalue weighted by Gasteiger charge is 2.61. The molecule has 1 heterocycles. The smallest absolute Gasteiger partial charge is 0.411 e. The zero-order valence-electron chi connectivity index (χ0n) is 18.9. The fraction of sp³-hybridized carbons (Fsp3) is 0.400. The second-order valence-electron chi connectivity index (χ2n) is 9.55. The van der Waals surface area contributed by atoms with Gasteiger partial charge in [-0.15, -0.1) is 0 Å². The van der Waals surface area contributed by atoms with Gasteiger partial charge in [0.05, 0.1) is 0 Å². The quantitative estimate of drug-likeness (QED) is 0.540. The van der Waals surface area contributed by atoms with Crippen LogP contribution in [0.1, 0.15) is 44.2 Å². The van der Waals surface area contributed by atoms with Gasteiger partial charge >= 0.3 is 18.0 Å². The molecule has 2 aromatic rings. The molecule has 2 aliphatic rings. The van der Waals surface area contributed by atoms with Crippen LogP contribution in [0.25, 0.3) is 11.1 Å². The van der Waals surface area contributed by atoms with E-state index in [1.807, 2.05) is 48.5 Å². The molecule has 3 N–H and O–H groups in total. The number of esters is 1. The van der Waals surface area contributed by atoms with Crippen LogP contribution in [0.5, 0.6) is 0 Å². The number of hydrogen-bond acceptors (Lipinski definition) is 6. The van der Waals surface area contributed by atoms with Crippen molar-refractivity contribution >= 4 is 18.0 Å². The van der Waals surface area contributed by atoms with Crippen molar-refractivity contribution in [1.29, 1.82) is 0 Å². The lowest BCUT2D eigenvalue weighted by Crippen LogP contribution is -2.60. The Morgan fingerprint density at radius 2 is 1.61 bits per heavy atom. The summed E-state index contributed by atoms with van der Waals surface area (Å²) in [6.45, 7) is 4.81. The molecule has 0 saturated carbocycles. The van der Waals surface area contributed by atoms with E-state index in [0.29, 0.717) is 0 Å². The molecule has 1 saturated heterocycles. The van der Waals surface area contributed by atoms with Crippen LogP contribution in [0.3, 0.4) is 0 Å². The molecule has 1 amide bonds. The molecular formula is C25H28N2O6. The molecule has 2 aromatic carbocycles. The lowest BCUT2D eigenvalue weighted by atomic mass is 9.94. The number of likely N-dealkylation sites (tertiary alicyclic amines) is 1. The summed E-state index contributed by atoms with van der Waals surface area (Å²) in [4.78, 5) is 39.4. The van der Waals surface area contributed by atoms with Gasteiger partial charge in [-0.2, -0.15) is 0 Å². The molecule has 0 bridgehead atoms. The number of benzene rings is 2. The zero-order chi connectivity index (χ0) is 24.0. The minimum Gasteiger partial charge on any atom is -0.479 e. The lowest BCUT2D eigenvalue weighted by molar-refractivity contribution is -0.169. The fourth-order valence-electron chi connectivity index (χ4n) is 4.69. The predicted molar refractivity (Wildman–Crippen MR) is 121 cm³/mol. The monoisotopic (exact) mass is 452 g/mol. The highest BCUT2D eigenvalue weighted by Crippen LogP contribution is 2.45. The van der Waals surface area contributed by atoms with Gasteiger partial charge in [0.1, 0.15) is 12.2 Å². The van der Waals surface area contributed by atoms with E-state index in [4.69, 9.17) is 15.2 Å². The molecule has 0 spiro atoms.